The second-order valence-corrected chi connectivity index (χ2v) is 4.62. The van der Waals surface area contributed by atoms with Crippen molar-refractivity contribution in [3.05, 3.63) is 35.1 Å². The van der Waals surface area contributed by atoms with Crippen LogP contribution in [0, 0.1) is 17.1 Å². The summed E-state index contributed by atoms with van der Waals surface area (Å²) in [6.07, 6.45) is 1.16. The van der Waals surface area contributed by atoms with E-state index in [0.29, 0.717) is 0 Å². The van der Waals surface area contributed by atoms with Gasteiger partial charge in [0.25, 0.3) is 0 Å². The summed E-state index contributed by atoms with van der Waals surface area (Å²) in [4.78, 5) is 0. The molecule has 4 heteroatoms. The lowest BCUT2D eigenvalue weighted by Gasteiger charge is -2.23. The summed E-state index contributed by atoms with van der Waals surface area (Å²) in [6, 6.07) is 6.60. The quantitative estimate of drug-likeness (QED) is 0.792. The first-order valence-corrected chi connectivity index (χ1v) is 5.90. The molecule has 15 heavy (non-hydrogen) atoms. The number of nitrogens with one attached hydrogen (secondary N) is 1. The van der Waals surface area contributed by atoms with E-state index in [4.69, 9.17) is 5.26 Å². The topological polar surface area (TPSA) is 35.8 Å². The molecule has 1 heterocycles. The fourth-order valence-corrected chi connectivity index (χ4v) is 2.69. The van der Waals surface area contributed by atoms with Crippen LogP contribution in [0.1, 0.15) is 22.9 Å². The molecule has 1 N–H and O–H groups in total. The molecule has 0 amide bonds. The smallest absolute Gasteiger partial charge is 0.140 e. The molecule has 0 aliphatic carbocycles. The van der Waals surface area contributed by atoms with Crippen LogP contribution in [0.5, 0.6) is 0 Å². The second-order valence-electron chi connectivity index (χ2n) is 3.41. The third kappa shape index (κ3) is 2.31. The van der Waals surface area contributed by atoms with Gasteiger partial charge in [0.05, 0.1) is 10.9 Å². The minimum Gasteiger partial charge on any atom is -0.302 e. The summed E-state index contributed by atoms with van der Waals surface area (Å²) in [5.74, 6) is 0.666. The summed E-state index contributed by atoms with van der Waals surface area (Å²) in [7, 11) is 0. The van der Waals surface area contributed by atoms with Gasteiger partial charge in [-0.2, -0.15) is 5.26 Å². The van der Waals surface area contributed by atoms with Crippen LogP contribution in [0.3, 0.4) is 0 Å². The summed E-state index contributed by atoms with van der Waals surface area (Å²) >= 11 is 1.80. The molecule has 1 fully saturated rings. The standard InChI is InChI=1S/C11H11FN2S/c12-10-3-2-8(6-9(10)7-13)11-14-4-1-5-15-11/h2-3,6,11,14H,1,4-5H2. The molecule has 0 radical (unpaired) electrons. The minimum atomic E-state index is -0.443. The maximum atomic E-state index is 13.1. The molecule has 1 saturated heterocycles. The van der Waals surface area contributed by atoms with Gasteiger partial charge in [0.15, 0.2) is 0 Å². The molecule has 0 bridgehead atoms. The average molecular weight is 222 g/mol. The van der Waals surface area contributed by atoms with E-state index >= 15 is 0 Å². The van der Waals surface area contributed by atoms with Gasteiger partial charge >= 0.3 is 0 Å². The van der Waals surface area contributed by atoms with Crippen molar-refractivity contribution < 1.29 is 4.39 Å². The van der Waals surface area contributed by atoms with E-state index in [1.165, 1.54) is 6.07 Å². The molecule has 1 aromatic carbocycles. The Balaban J connectivity index is 2.25. The Labute approximate surface area is 92.5 Å². The van der Waals surface area contributed by atoms with Crippen LogP contribution in [0.2, 0.25) is 0 Å². The Morgan fingerprint density at radius 3 is 3.07 bits per heavy atom. The number of thioether (sulfide) groups is 1. The van der Waals surface area contributed by atoms with Gasteiger partial charge in [0.2, 0.25) is 0 Å². The third-order valence-electron chi connectivity index (χ3n) is 2.35. The Morgan fingerprint density at radius 2 is 2.40 bits per heavy atom. The number of nitrogens with zero attached hydrogens (tertiary/aromatic N) is 1. The van der Waals surface area contributed by atoms with Gasteiger partial charge in [-0.05, 0) is 36.4 Å². The van der Waals surface area contributed by atoms with Crippen LogP contribution in [0.25, 0.3) is 0 Å². The lowest BCUT2D eigenvalue weighted by molar-refractivity contribution is 0.616. The zero-order chi connectivity index (χ0) is 10.7. The first-order valence-electron chi connectivity index (χ1n) is 4.86. The number of rotatable bonds is 1. The fraction of sp³-hybridized carbons (Fsp3) is 0.364. The maximum Gasteiger partial charge on any atom is 0.140 e. The molecule has 2 rings (SSSR count). The molecule has 1 aliphatic rings. The number of benzene rings is 1. The average Bonchev–Trinajstić information content (AvgIpc) is 2.31. The zero-order valence-corrected chi connectivity index (χ0v) is 8.98. The Bertz CT molecular complexity index is 394. The van der Waals surface area contributed by atoms with Gasteiger partial charge in [-0.3, -0.25) is 0 Å². The van der Waals surface area contributed by atoms with Crippen molar-refractivity contribution in [2.45, 2.75) is 11.8 Å². The van der Waals surface area contributed by atoms with Crippen LogP contribution in [0.15, 0.2) is 18.2 Å². The van der Waals surface area contributed by atoms with Crippen molar-refractivity contribution in [3.8, 4) is 6.07 Å². The summed E-state index contributed by atoms with van der Waals surface area (Å²) in [5, 5.41) is 12.3. The van der Waals surface area contributed by atoms with Gasteiger partial charge in [0, 0.05) is 0 Å². The van der Waals surface area contributed by atoms with E-state index in [9.17, 15) is 4.39 Å². The first kappa shape index (κ1) is 10.5. The molecule has 0 aromatic heterocycles. The Hall–Kier alpha value is -1.05. The summed E-state index contributed by atoms with van der Waals surface area (Å²) in [6.45, 7) is 0.983. The van der Waals surface area contributed by atoms with Gasteiger partial charge in [0.1, 0.15) is 11.9 Å². The highest BCUT2D eigenvalue weighted by atomic mass is 32.2. The van der Waals surface area contributed by atoms with Crippen molar-refractivity contribution in [2.75, 3.05) is 12.3 Å². The number of hydrogen-bond donors (Lipinski definition) is 1. The van der Waals surface area contributed by atoms with Gasteiger partial charge in [-0.1, -0.05) is 6.07 Å². The molecule has 1 unspecified atom stereocenters. The monoisotopic (exact) mass is 222 g/mol. The largest absolute Gasteiger partial charge is 0.302 e. The molecule has 0 saturated carbocycles. The number of halogens is 1. The van der Waals surface area contributed by atoms with Gasteiger partial charge in [-0.25, -0.2) is 4.39 Å². The van der Waals surface area contributed by atoms with Crippen molar-refractivity contribution >= 4 is 11.8 Å². The highest BCUT2D eigenvalue weighted by Crippen LogP contribution is 2.30. The third-order valence-corrected chi connectivity index (χ3v) is 3.65. The second kappa shape index (κ2) is 4.65. The molecule has 1 atom stereocenters. The van der Waals surface area contributed by atoms with Gasteiger partial charge in [-0.15, -0.1) is 11.8 Å². The van der Waals surface area contributed by atoms with Crippen LogP contribution in [-0.4, -0.2) is 12.3 Å². The first-order chi connectivity index (χ1) is 7.31. The molecule has 0 spiro atoms. The van der Waals surface area contributed by atoms with E-state index < -0.39 is 5.82 Å². The van der Waals surface area contributed by atoms with Crippen LogP contribution in [-0.2, 0) is 0 Å². The lowest BCUT2D eigenvalue weighted by Crippen LogP contribution is -2.25. The minimum absolute atomic E-state index is 0.125. The molecule has 2 nitrogen and oxygen atoms in total. The highest BCUT2D eigenvalue weighted by molar-refractivity contribution is 7.99. The SMILES string of the molecule is N#Cc1cc(C2NCCCS2)ccc1F. The van der Waals surface area contributed by atoms with E-state index in [-0.39, 0.29) is 10.9 Å². The summed E-state index contributed by atoms with van der Waals surface area (Å²) < 4.78 is 13.1. The van der Waals surface area contributed by atoms with Crippen molar-refractivity contribution in [1.29, 1.82) is 5.26 Å². The molecule has 78 valence electrons. The van der Waals surface area contributed by atoms with Crippen LogP contribution in [0.4, 0.5) is 4.39 Å². The van der Waals surface area contributed by atoms with E-state index in [2.05, 4.69) is 5.32 Å². The van der Waals surface area contributed by atoms with Gasteiger partial charge < -0.3 is 5.32 Å². The van der Waals surface area contributed by atoms with Crippen LogP contribution >= 0.6 is 11.8 Å². The number of hydrogen-bond acceptors (Lipinski definition) is 3. The molecular formula is C11H11FN2S. The Kier molecular flexibility index (Phi) is 3.24. The predicted molar refractivity (Wildman–Crippen MR) is 58.9 cm³/mol. The van der Waals surface area contributed by atoms with Crippen molar-refractivity contribution in [1.82, 2.24) is 5.32 Å². The van der Waals surface area contributed by atoms with E-state index in [1.54, 1.807) is 23.9 Å². The highest BCUT2D eigenvalue weighted by Gasteiger charge is 2.16. The number of nitriles is 1. The predicted octanol–water partition coefficient (Wildman–Crippen LogP) is 2.42. The maximum absolute atomic E-state index is 13.1. The lowest BCUT2D eigenvalue weighted by atomic mass is 10.1. The fourth-order valence-electron chi connectivity index (χ4n) is 1.57. The van der Waals surface area contributed by atoms with E-state index in [1.807, 2.05) is 6.07 Å². The van der Waals surface area contributed by atoms with Crippen molar-refractivity contribution in [2.24, 2.45) is 0 Å². The molecular weight excluding hydrogens is 211 g/mol. The normalized spacial score (nSPS) is 20.9. The Morgan fingerprint density at radius 1 is 1.53 bits per heavy atom. The van der Waals surface area contributed by atoms with Crippen molar-refractivity contribution in [3.63, 3.8) is 0 Å². The molecule has 1 aromatic rings. The summed E-state index contributed by atoms with van der Waals surface area (Å²) in [5.41, 5.74) is 1.11. The van der Waals surface area contributed by atoms with Crippen LogP contribution < -0.4 is 5.32 Å². The zero-order valence-electron chi connectivity index (χ0n) is 8.16. The molecule has 1 aliphatic heterocycles. The van der Waals surface area contributed by atoms with E-state index in [0.717, 1.165) is 24.3 Å².